The monoisotopic (exact) mass is 1780 g/mol. The molecule has 0 amide bonds. The first kappa shape index (κ1) is 103. The van der Waals surface area contributed by atoms with E-state index in [-0.39, 0.29) is 61.2 Å². The minimum Gasteiger partial charge on any atom is -0.464 e. The lowest BCUT2D eigenvalue weighted by atomic mass is 9.74. The molecule has 0 N–H and O–H groups in total. The summed E-state index contributed by atoms with van der Waals surface area (Å²) in [5, 5.41) is 0. The van der Waals surface area contributed by atoms with Crippen LogP contribution in [0.15, 0.2) is 164 Å². The van der Waals surface area contributed by atoms with Crippen LogP contribution in [0.25, 0.3) is 0 Å². The second kappa shape index (κ2) is 41.2. The van der Waals surface area contributed by atoms with Gasteiger partial charge < -0.3 is 47.4 Å². The van der Waals surface area contributed by atoms with Gasteiger partial charge >= 0.3 is 36.6 Å². The maximum atomic E-state index is 14.4. The first-order valence-corrected chi connectivity index (χ1v) is 46.4. The molecule has 130 heavy (non-hydrogen) atoms. The number of ether oxygens (including phenoxy) is 10. The second-order valence-electron chi connectivity index (χ2n) is 44.9. The number of hydrogen-bond donors (Lipinski definition) is 0. The largest absolute Gasteiger partial charge is 0.514 e. The Hall–Kier alpha value is -10.3. The molecule has 704 valence electrons. The Morgan fingerprint density at radius 2 is 0.662 bits per heavy atom. The smallest absolute Gasteiger partial charge is 0.464 e. The van der Waals surface area contributed by atoms with Crippen molar-refractivity contribution in [2.45, 2.75) is 358 Å². The van der Waals surface area contributed by atoms with E-state index < -0.39 is 79.8 Å². The van der Waals surface area contributed by atoms with Crippen molar-refractivity contribution in [3.05, 3.63) is 258 Å². The van der Waals surface area contributed by atoms with Gasteiger partial charge in [0.05, 0.1) is 0 Å². The van der Waals surface area contributed by atoms with Crippen LogP contribution in [-0.4, -0.2) is 106 Å². The maximum Gasteiger partial charge on any atom is 0.514 e. The summed E-state index contributed by atoms with van der Waals surface area (Å²) in [6.45, 7) is 63.6. The molecule has 8 aromatic carbocycles. The summed E-state index contributed by atoms with van der Waals surface area (Å²) in [6, 6.07) is 56.1. The van der Waals surface area contributed by atoms with Crippen molar-refractivity contribution in [3.8, 4) is 23.0 Å². The average molecular weight is 1780 g/mol. The van der Waals surface area contributed by atoms with Crippen LogP contribution in [0.2, 0.25) is 0 Å². The van der Waals surface area contributed by atoms with Crippen LogP contribution in [0.1, 0.15) is 359 Å². The molecule has 1 saturated heterocycles. The van der Waals surface area contributed by atoms with E-state index in [4.69, 9.17) is 47.4 Å². The SMILES string of the molecule is CC(c1ccccc1)c1cc(CN(C)Cc2cc(C(C)c3ccccc3)c(OC(=O)OC(C)(C)C)c(C(C)c3ccc(CC(C)(C)c4cc(CCC(=O)OC5CC(C)(C)N(CCOC(=O)CCc6cc(C(C)(C)C)c(OC(=O)OC(C)(C)C)c(C(C)(C)C)c6)C(C)(C)C5)cc(C(C)(C)C)c4OC(=O)OC(C)(C)C)cc3)c2)cc(C(C)c2ccccc2)c1OC(=O)OC(C)(C)C. The summed E-state index contributed by atoms with van der Waals surface area (Å²) in [5.41, 5.74) is 9.36. The molecule has 0 radical (unpaired) electrons. The fourth-order valence-electron chi connectivity index (χ4n) is 17.8. The van der Waals surface area contributed by atoms with Crippen molar-refractivity contribution in [3.63, 3.8) is 0 Å². The summed E-state index contributed by atoms with van der Waals surface area (Å²) in [6.07, 6.45) is -0.910. The van der Waals surface area contributed by atoms with Gasteiger partial charge in [-0.15, -0.1) is 0 Å². The van der Waals surface area contributed by atoms with E-state index in [0.29, 0.717) is 74.7 Å². The highest BCUT2D eigenvalue weighted by atomic mass is 16.8. The summed E-state index contributed by atoms with van der Waals surface area (Å²) >= 11 is 0. The van der Waals surface area contributed by atoms with Crippen LogP contribution in [-0.2, 0) is 92.0 Å². The quantitative estimate of drug-likeness (QED) is 0.0243. The molecule has 0 spiro atoms. The summed E-state index contributed by atoms with van der Waals surface area (Å²) in [5.74, 6) is 0.196. The van der Waals surface area contributed by atoms with Crippen LogP contribution in [0.5, 0.6) is 23.0 Å². The van der Waals surface area contributed by atoms with Gasteiger partial charge in [-0.3, -0.25) is 19.4 Å². The van der Waals surface area contributed by atoms with Crippen molar-refractivity contribution in [2.24, 2.45) is 0 Å². The minimum absolute atomic E-state index is 0.0954. The number of carbonyl (C=O) groups excluding carboxylic acids is 6. The molecule has 4 atom stereocenters. The molecule has 1 aliphatic rings. The number of piperidine rings is 1. The van der Waals surface area contributed by atoms with Crippen molar-refractivity contribution < 1.29 is 76.1 Å². The lowest BCUT2D eigenvalue weighted by molar-refractivity contribution is -0.163. The third-order valence-corrected chi connectivity index (χ3v) is 24.0. The number of hydrogen-bond acceptors (Lipinski definition) is 18. The molecule has 1 heterocycles. The van der Waals surface area contributed by atoms with Crippen LogP contribution in [0.3, 0.4) is 0 Å². The van der Waals surface area contributed by atoms with E-state index in [2.05, 4.69) is 239 Å². The molecule has 18 heteroatoms. The molecule has 1 aliphatic heterocycles. The van der Waals surface area contributed by atoms with Crippen LogP contribution < -0.4 is 18.9 Å². The summed E-state index contributed by atoms with van der Waals surface area (Å²) in [4.78, 5) is 88.1. The molecule has 0 bridgehead atoms. The normalized spacial score (nSPS) is 15.2. The third kappa shape index (κ3) is 29.1. The molecule has 0 aromatic heterocycles. The third-order valence-electron chi connectivity index (χ3n) is 24.0. The second-order valence-corrected chi connectivity index (χ2v) is 44.9. The Bertz CT molecular complexity index is 5130. The Morgan fingerprint density at radius 1 is 0.369 bits per heavy atom. The van der Waals surface area contributed by atoms with Gasteiger partial charge in [0.2, 0.25) is 0 Å². The number of carbonyl (C=O) groups is 6. The summed E-state index contributed by atoms with van der Waals surface area (Å²) < 4.78 is 61.2. The zero-order valence-corrected chi connectivity index (χ0v) is 84.2. The number of benzene rings is 8. The zero-order valence-electron chi connectivity index (χ0n) is 84.2. The van der Waals surface area contributed by atoms with Gasteiger partial charge in [-0.25, -0.2) is 19.2 Å². The van der Waals surface area contributed by atoms with E-state index in [1.165, 1.54) is 0 Å². The van der Waals surface area contributed by atoms with Gasteiger partial charge in [-0.2, -0.15) is 0 Å². The topological polar surface area (TPSA) is 201 Å². The predicted octanol–water partition coefficient (Wildman–Crippen LogP) is 27.3. The van der Waals surface area contributed by atoms with Gasteiger partial charge in [0.25, 0.3) is 0 Å². The van der Waals surface area contributed by atoms with E-state index in [9.17, 15) is 28.8 Å². The van der Waals surface area contributed by atoms with E-state index in [1.807, 2.05) is 135 Å². The molecule has 0 aliphatic carbocycles. The van der Waals surface area contributed by atoms with Gasteiger partial charge in [-0.05, 0) is 209 Å². The standard InChI is InChI=1S/C112H150N2O16/c1-71(80-42-36-33-37-43-80)85-58-78(59-86(72(2)81-44-38-34-39-45-81)95(85)123-99(117)127-106(14,15)16)69-113(32)70-79-60-87(73(3)82-46-40-35-41-47-82)96(124-100(118)128-107(17,18)19)88(61-79)74(4)83-52-48-75(49-53-83)66-110(26,27)92-65-77(64-91(105(11,12)13)98(92)126-102(120)130-109(23,24)25)51-55-94(116)122-84-67-111(28,29)114(112(30,31)68-84)56-57-121-93(115)54-50-76-62-89(103(5,6)7)97(90(63-76)104(8,9)10)125-101(119)129-108(20,21)22/h33-49,52-53,58-65,71-74,84H,50-51,54-57,66-70H2,1-32H3. The molecule has 0 saturated carbocycles. The highest BCUT2D eigenvalue weighted by molar-refractivity contribution is 5.73. The Morgan fingerprint density at radius 3 is 0.977 bits per heavy atom. The Labute approximate surface area is 777 Å². The number of likely N-dealkylation sites (tertiary alicyclic amines) is 1. The van der Waals surface area contributed by atoms with Crippen LogP contribution >= 0.6 is 0 Å². The summed E-state index contributed by atoms with van der Waals surface area (Å²) in [7, 11) is 2.11. The van der Waals surface area contributed by atoms with Gasteiger partial charge in [0.15, 0.2) is 0 Å². The first-order chi connectivity index (χ1) is 60.0. The molecule has 4 unspecified atom stereocenters. The molecule has 8 aromatic rings. The molecule has 18 nitrogen and oxygen atoms in total. The van der Waals surface area contributed by atoms with Gasteiger partial charge in [0, 0.05) is 125 Å². The number of rotatable bonds is 29. The highest BCUT2D eigenvalue weighted by Gasteiger charge is 2.47. The highest BCUT2D eigenvalue weighted by Crippen LogP contribution is 2.49. The molecular formula is C112H150N2O16. The van der Waals surface area contributed by atoms with Crippen LogP contribution in [0, 0.1) is 0 Å². The molecule has 1 fully saturated rings. The lowest BCUT2D eigenvalue weighted by Gasteiger charge is -2.54. The van der Waals surface area contributed by atoms with Crippen molar-refractivity contribution in [2.75, 3.05) is 20.2 Å². The molecule has 9 rings (SSSR count). The fraction of sp³-hybridized carbons (Fsp3) is 0.518. The average Bonchev–Trinajstić information content (AvgIpc) is 0.769. The first-order valence-electron chi connectivity index (χ1n) is 46.4. The lowest BCUT2D eigenvalue weighted by Crippen LogP contribution is -2.63. The number of esters is 2. The minimum atomic E-state index is -0.854. The van der Waals surface area contributed by atoms with Gasteiger partial charge in [0.1, 0.15) is 58.1 Å². The van der Waals surface area contributed by atoms with Crippen LogP contribution in [0.4, 0.5) is 19.2 Å². The van der Waals surface area contributed by atoms with Crippen molar-refractivity contribution >= 4 is 36.6 Å². The maximum absolute atomic E-state index is 14.4. The zero-order chi connectivity index (χ0) is 96.6. The van der Waals surface area contributed by atoms with Gasteiger partial charge in [-0.1, -0.05) is 268 Å². The van der Waals surface area contributed by atoms with E-state index >= 15 is 0 Å². The number of nitrogens with zero attached hydrogens (tertiary/aromatic N) is 2. The predicted molar refractivity (Wildman–Crippen MR) is 519 cm³/mol. The molecular weight excluding hydrogens is 1630 g/mol. The fourth-order valence-corrected chi connectivity index (χ4v) is 17.8. The number of aryl methyl sites for hydroxylation is 2. The van der Waals surface area contributed by atoms with E-state index in [0.717, 1.165) is 94.6 Å². The van der Waals surface area contributed by atoms with Crippen molar-refractivity contribution in [1.29, 1.82) is 0 Å². The van der Waals surface area contributed by atoms with E-state index in [1.54, 1.807) is 20.8 Å². The van der Waals surface area contributed by atoms with Crippen molar-refractivity contribution in [1.82, 2.24) is 9.80 Å². The Balaban J connectivity index is 0.975. The Kier molecular flexibility index (Phi) is 32.8.